The summed E-state index contributed by atoms with van der Waals surface area (Å²) in [5.41, 5.74) is -3.07. The van der Waals surface area contributed by atoms with Gasteiger partial charge in [-0.15, -0.1) is 0 Å². The van der Waals surface area contributed by atoms with Crippen molar-refractivity contribution < 1.29 is 81.4 Å². The second-order valence-corrected chi connectivity index (χ2v) is 13.6. The van der Waals surface area contributed by atoms with Gasteiger partial charge in [0.15, 0.2) is 12.5 Å². The van der Waals surface area contributed by atoms with Gasteiger partial charge in [-0.1, -0.05) is 0 Å². The lowest BCUT2D eigenvalue weighted by molar-refractivity contribution is -0.0550. The van der Waals surface area contributed by atoms with Crippen molar-refractivity contribution in [2.75, 3.05) is 13.2 Å². The number of aliphatic hydroxyl groups is 5. The van der Waals surface area contributed by atoms with Gasteiger partial charge in [0.05, 0.1) is 13.2 Å². The molecule has 0 radical (unpaired) electrons. The smallest absolute Gasteiger partial charge is 0.394 e. The molecule has 0 spiro atoms. The number of hydrogen-bond acceptors (Lipinski definition) is 17. The largest absolute Gasteiger partial charge is 0.490 e. The van der Waals surface area contributed by atoms with Crippen molar-refractivity contribution in [3.05, 3.63) is 66.2 Å². The standard InChI is InChI=1S/C9H15N2O15P3.C9H12N2O6/c12-5-1-2-11(9(15)10-5)8-7(14)6(13)4(24-8)3-23-28(19,20)26-29(21,22)25-27(16,17)18;12-3-4-6(14)7(15)8(17-4)11-2-1-5(13)10-9(11)16/h1-2,4,6-8,13-14H,3H2,(H,19,20)(H,21,22)(H,10,12,15)(H2,16,17,18);1-2,4,6-8,12,14-15H,3H2,(H,10,13,16). The molecule has 0 bridgehead atoms. The maximum atomic E-state index is 11.7. The molecule has 10 unspecified atom stereocenters. The molecular weight excluding hydrogens is 701 g/mol. The van der Waals surface area contributed by atoms with Gasteiger partial charge in [-0.05, 0) is 0 Å². The van der Waals surface area contributed by atoms with Gasteiger partial charge in [-0.25, -0.2) is 23.3 Å². The lowest BCUT2D eigenvalue weighted by atomic mass is 10.1. The van der Waals surface area contributed by atoms with E-state index >= 15 is 0 Å². The Kier molecular flexibility index (Phi) is 12.1. The zero-order chi connectivity index (χ0) is 34.8. The summed E-state index contributed by atoms with van der Waals surface area (Å²) >= 11 is 0. The highest BCUT2D eigenvalue weighted by Crippen LogP contribution is 2.66. The fraction of sp³-hybridized carbons (Fsp3) is 0.556. The Morgan fingerprint density at radius 1 is 0.696 bits per heavy atom. The van der Waals surface area contributed by atoms with E-state index in [0.29, 0.717) is 4.57 Å². The normalized spacial score (nSPS) is 30.6. The molecule has 4 rings (SSSR count). The summed E-state index contributed by atoms with van der Waals surface area (Å²) in [5.74, 6) is 0. The van der Waals surface area contributed by atoms with Crippen LogP contribution >= 0.6 is 23.5 Å². The summed E-state index contributed by atoms with van der Waals surface area (Å²) < 4.78 is 56.7. The highest BCUT2D eigenvalue weighted by atomic mass is 31.3. The SMILES string of the molecule is O=c1ccn(C2OC(CO)C(O)C2O)c(=O)[nH]1.O=c1ccn(C2OC(COP(=O)(O)OP(=O)(O)OP(=O)(O)O)C(O)C2O)c(=O)[nH]1. The number of ether oxygens (including phenoxy) is 2. The van der Waals surface area contributed by atoms with Crippen LogP contribution in [-0.2, 0) is 36.3 Å². The van der Waals surface area contributed by atoms with Crippen LogP contribution in [0.1, 0.15) is 12.5 Å². The van der Waals surface area contributed by atoms with Gasteiger partial charge in [0.1, 0.15) is 36.6 Å². The first-order valence-electron chi connectivity index (χ1n) is 12.2. The Labute approximate surface area is 252 Å². The van der Waals surface area contributed by atoms with E-state index in [2.05, 4.69) is 13.1 Å². The third-order valence-corrected chi connectivity index (χ3v) is 9.73. The predicted octanol–water partition coefficient (Wildman–Crippen LogP) is -5.35. The maximum absolute atomic E-state index is 11.7. The Morgan fingerprint density at radius 3 is 1.52 bits per heavy atom. The quantitative estimate of drug-likeness (QED) is 0.102. The van der Waals surface area contributed by atoms with Crippen molar-refractivity contribution >= 4 is 23.5 Å². The van der Waals surface area contributed by atoms with E-state index in [0.717, 1.165) is 29.1 Å². The van der Waals surface area contributed by atoms with E-state index in [-0.39, 0.29) is 0 Å². The maximum Gasteiger partial charge on any atom is 0.490 e. The van der Waals surface area contributed by atoms with E-state index in [9.17, 15) is 58.2 Å². The molecule has 2 aromatic heterocycles. The van der Waals surface area contributed by atoms with Crippen LogP contribution in [0.4, 0.5) is 0 Å². The van der Waals surface area contributed by atoms with Crippen molar-refractivity contribution in [1.82, 2.24) is 19.1 Å². The monoisotopic (exact) mass is 728 g/mol. The molecular formula is C18H27N4O21P3. The summed E-state index contributed by atoms with van der Waals surface area (Å²) in [6.07, 6.45) is -9.28. The van der Waals surface area contributed by atoms with Crippen LogP contribution < -0.4 is 22.5 Å². The Balaban J connectivity index is 0.000000286. The summed E-state index contributed by atoms with van der Waals surface area (Å²) in [4.78, 5) is 84.2. The van der Waals surface area contributed by atoms with Crippen LogP contribution in [0.2, 0.25) is 0 Å². The van der Waals surface area contributed by atoms with Crippen LogP contribution in [0.15, 0.2) is 43.7 Å². The van der Waals surface area contributed by atoms with Crippen LogP contribution in [0.3, 0.4) is 0 Å². The number of phosphoric ester groups is 1. The van der Waals surface area contributed by atoms with Gasteiger partial charge in [-0.2, -0.15) is 8.62 Å². The first kappa shape index (κ1) is 37.9. The summed E-state index contributed by atoms with van der Waals surface area (Å²) in [5, 5.41) is 48.0. The molecule has 0 aliphatic carbocycles. The molecule has 2 aliphatic rings. The fourth-order valence-corrected chi connectivity index (χ4v) is 6.96. The molecule has 0 saturated carbocycles. The summed E-state index contributed by atoms with van der Waals surface area (Å²) in [7, 11) is -16.8. The third kappa shape index (κ3) is 9.76. The number of hydrogen-bond donors (Lipinski definition) is 11. The zero-order valence-corrected chi connectivity index (χ0v) is 25.2. The van der Waals surface area contributed by atoms with Crippen LogP contribution in [0, 0.1) is 0 Å². The van der Waals surface area contributed by atoms with Crippen molar-refractivity contribution in [3.63, 3.8) is 0 Å². The van der Waals surface area contributed by atoms with Gasteiger partial charge < -0.3 is 54.6 Å². The van der Waals surface area contributed by atoms with Crippen LogP contribution in [0.5, 0.6) is 0 Å². The van der Waals surface area contributed by atoms with E-state index in [1.54, 1.807) is 0 Å². The van der Waals surface area contributed by atoms with Crippen molar-refractivity contribution in [3.8, 4) is 0 Å². The molecule has 11 N–H and O–H groups in total. The number of aliphatic hydroxyl groups excluding tert-OH is 5. The van der Waals surface area contributed by atoms with Crippen LogP contribution in [0.25, 0.3) is 0 Å². The minimum absolute atomic E-state index is 0.479. The summed E-state index contributed by atoms with van der Waals surface area (Å²) in [6.45, 7) is -1.52. The second kappa shape index (κ2) is 14.7. The molecule has 2 saturated heterocycles. The molecule has 10 atom stereocenters. The molecule has 260 valence electrons. The third-order valence-electron chi connectivity index (χ3n) is 5.92. The van der Waals surface area contributed by atoms with E-state index < -0.39 is 108 Å². The van der Waals surface area contributed by atoms with Gasteiger partial charge in [0.25, 0.3) is 11.1 Å². The van der Waals surface area contributed by atoms with Crippen molar-refractivity contribution in [1.29, 1.82) is 0 Å². The number of phosphoric acid groups is 3. The van der Waals surface area contributed by atoms with Crippen LogP contribution in [-0.4, -0.2) is 114 Å². The zero-order valence-electron chi connectivity index (χ0n) is 22.5. The molecule has 46 heavy (non-hydrogen) atoms. The number of rotatable bonds is 10. The Bertz CT molecular complexity index is 1750. The van der Waals surface area contributed by atoms with Gasteiger partial charge in [0.2, 0.25) is 0 Å². The molecule has 4 heterocycles. The molecule has 2 aliphatic heterocycles. The second-order valence-electron chi connectivity index (χ2n) is 9.20. The van der Waals surface area contributed by atoms with Gasteiger partial charge in [-0.3, -0.25) is 33.2 Å². The van der Waals surface area contributed by atoms with Gasteiger partial charge >= 0.3 is 34.8 Å². The highest BCUT2D eigenvalue weighted by molar-refractivity contribution is 7.66. The predicted molar refractivity (Wildman–Crippen MR) is 141 cm³/mol. The number of nitrogens with zero attached hydrogens (tertiary/aromatic N) is 2. The van der Waals surface area contributed by atoms with Crippen molar-refractivity contribution in [2.24, 2.45) is 0 Å². The molecule has 0 amide bonds. The lowest BCUT2D eigenvalue weighted by Gasteiger charge is -2.19. The molecule has 25 nitrogen and oxygen atoms in total. The van der Waals surface area contributed by atoms with E-state index in [1.807, 2.05) is 9.97 Å². The fourth-order valence-electron chi connectivity index (χ4n) is 3.93. The number of aromatic amines is 2. The Hall–Kier alpha value is -2.51. The average Bonchev–Trinajstić information content (AvgIpc) is 3.35. The summed E-state index contributed by atoms with van der Waals surface area (Å²) in [6, 6.07) is 2.01. The number of aromatic nitrogens is 4. The van der Waals surface area contributed by atoms with E-state index in [4.69, 9.17) is 29.3 Å². The first-order valence-corrected chi connectivity index (χ1v) is 16.7. The minimum atomic E-state index is -5.73. The molecule has 2 fully saturated rings. The van der Waals surface area contributed by atoms with Crippen molar-refractivity contribution in [2.45, 2.75) is 49.1 Å². The highest BCUT2D eigenvalue weighted by Gasteiger charge is 2.47. The van der Waals surface area contributed by atoms with E-state index in [1.165, 1.54) is 0 Å². The topological polar surface area (TPSA) is 389 Å². The first-order chi connectivity index (χ1) is 21.1. The minimum Gasteiger partial charge on any atom is -0.394 e. The molecule has 2 aromatic rings. The number of nitrogens with one attached hydrogen (secondary N) is 2. The lowest BCUT2D eigenvalue weighted by Crippen LogP contribution is -2.37. The number of H-pyrrole nitrogens is 2. The molecule has 28 heteroatoms. The average molecular weight is 728 g/mol. The molecule has 0 aromatic carbocycles. The van der Waals surface area contributed by atoms with Gasteiger partial charge in [0, 0.05) is 24.5 Å². The Morgan fingerprint density at radius 2 is 1.13 bits per heavy atom.